The number of aliphatic hydroxyl groups is 1. The number of hydrogen-bond donors (Lipinski definition) is 3. The maximum absolute atomic E-state index is 10.5. The summed E-state index contributed by atoms with van der Waals surface area (Å²) >= 11 is 0. The van der Waals surface area contributed by atoms with E-state index in [-0.39, 0.29) is 0 Å². The fourth-order valence-corrected chi connectivity index (χ4v) is 1.02. The van der Waals surface area contributed by atoms with E-state index in [2.05, 4.69) is 9.97 Å². The quantitative estimate of drug-likeness (QED) is 0.587. The first-order valence-corrected chi connectivity index (χ1v) is 3.97. The highest BCUT2D eigenvalue weighted by Crippen LogP contribution is 2.16. The highest BCUT2D eigenvalue weighted by Gasteiger charge is 2.25. The number of aliphatic carboxylic acids is 1. The molecular weight excluding hydrogens is 186 g/mol. The zero-order chi connectivity index (χ0) is 10.7. The number of carboxylic acid groups (broad SMARTS) is 1. The summed E-state index contributed by atoms with van der Waals surface area (Å²) in [6.45, 7) is 1.65. The lowest BCUT2D eigenvalue weighted by molar-refractivity contribution is -0.141. The number of carboxylic acids is 1. The molecule has 0 saturated heterocycles. The van der Waals surface area contributed by atoms with Crippen LogP contribution in [0.1, 0.15) is 17.4 Å². The van der Waals surface area contributed by atoms with Crippen LogP contribution in [0.4, 0.5) is 0 Å². The molecule has 0 spiro atoms. The minimum Gasteiger partial charge on any atom is -0.480 e. The number of aromatic nitrogens is 2. The highest BCUT2D eigenvalue weighted by atomic mass is 16.4. The van der Waals surface area contributed by atoms with E-state index < -0.39 is 18.1 Å². The Bertz CT molecular complexity index is 342. The first-order valence-electron chi connectivity index (χ1n) is 3.97. The topological polar surface area (TPSA) is 109 Å². The summed E-state index contributed by atoms with van der Waals surface area (Å²) in [6.07, 6.45) is 1.39. The fourth-order valence-electron chi connectivity index (χ4n) is 1.02. The minimum atomic E-state index is -1.36. The van der Waals surface area contributed by atoms with Gasteiger partial charge in [-0.05, 0) is 6.92 Å². The second kappa shape index (κ2) is 4.12. The van der Waals surface area contributed by atoms with Crippen molar-refractivity contribution in [1.29, 1.82) is 0 Å². The third kappa shape index (κ3) is 2.04. The molecule has 2 atom stereocenters. The van der Waals surface area contributed by atoms with Gasteiger partial charge in [-0.2, -0.15) is 0 Å². The molecule has 0 fully saturated rings. The molecule has 4 N–H and O–H groups in total. The van der Waals surface area contributed by atoms with Gasteiger partial charge in [-0.3, -0.25) is 4.79 Å². The van der Waals surface area contributed by atoms with Crippen molar-refractivity contribution in [2.24, 2.45) is 5.73 Å². The Balaban J connectivity index is 2.94. The highest BCUT2D eigenvalue weighted by molar-refractivity contribution is 5.74. The average molecular weight is 197 g/mol. The molecule has 1 rings (SSSR count). The lowest BCUT2D eigenvalue weighted by Crippen LogP contribution is -2.36. The molecule has 1 aromatic heterocycles. The minimum absolute atomic E-state index is 0.336. The van der Waals surface area contributed by atoms with E-state index in [0.29, 0.717) is 11.3 Å². The van der Waals surface area contributed by atoms with E-state index in [1.165, 1.54) is 12.5 Å². The van der Waals surface area contributed by atoms with Gasteiger partial charge in [0.25, 0.3) is 0 Å². The van der Waals surface area contributed by atoms with Crippen LogP contribution >= 0.6 is 0 Å². The monoisotopic (exact) mass is 197 g/mol. The summed E-state index contributed by atoms with van der Waals surface area (Å²) in [5, 5.41) is 18.1. The Hall–Kier alpha value is -1.53. The third-order valence-corrected chi connectivity index (χ3v) is 1.89. The molecule has 0 aliphatic heterocycles. The second-order valence-electron chi connectivity index (χ2n) is 2.87. The second-order valence-corrected chi connectivity index (χ2v) is 2.87. The van der Waals surface area contributed by atoms with Crippen molar-refractivity contribution < 1.29 is 15.0 Å². The van der Waals surface area contributed by atoms with Crippen molar-refractivity contribution in [2.45, 2.75) is 19.1 Å². The third-order valence-electron chi connectivity index (χ3n) is 1.89. The van der Waals surface area contributed by atoms with Gasteiger partial charge in [-0.1, -0.05) is 0 Å². The number of rotatable bonds is 3. The largest absolute Gasteiger partial charge is 0.480 e. The standard InChI is InChI=1S/C8H11N3O3/c1-4-5(2-10-3-11-4)7(12)6(9)8(13)14/h2-3,6-7,12H,9H2,1H3,(H,13,14). The van der Waals surface area contributed by atoms with Crippen LogP contribution in [0, 0.1) is 6.92 Å². The van der Waals surface area contributed by atoms with E-state index >= 15 is 0 Å². The lowest BCUT2D eigenvalue weighted by atomic mass is 10.0. The van der Waals surface area contributed by atoms with Gasteiger partial charge in [0.05, 0.1) is 0 Å². The zero-order valence-electron chi connectivity index (χ0n) is 7.58. The van der Waals surface area contributed by atoms with Crippen LogP contribution < -0.4 is 5.73 Å². The summed E-state index contributed by atoms with van der Waals surface area (Å²) in [6, 6.07) is -1.36. The van der Waals surface area contributed by atoms with Crippen LogP contribution in [0.5, 0.6) is 0 Å². The van der Waals surface area contributed by atoms with Gasteiger partial charge < -0.3 is 15.9 Å². The molecule has 0 aliphatic carbocycles. The number of aliphatic hydroxyl groups excluding tert-OH is 1. The average Bonchev–Trinajstić information content (AvgIpc) is 2.16. The van der Waals surface area contributed by atoms with E-state index in [0.717, 1.165) is 0 Å². The van der Waals surface area contributed by atoms with Crippen LogP contribution in [-0.4, -0.2) is 32.2 Å². The van der Waals surface area contributed by atoms with Crippen molar-refractivity contribution >= 4 is 5.97 Å². The molecule has 1 heterocycles. The molecule has 6 heteroatoms. The molecule has 6 nitrogen and oxygen atoms in total. The molecule has 0 saturated carbocycles. The summed E-state index contributed by atoms with van der Waals surface area (Å²) in [5.74, 6) is -1.26. The van der Waals surface area contributed by atoms with Crippen molar-refractivity contribution in [3.63, 3.8) is 0 Å². The maximum Gasteiger partial charge on any atom is 0.323 e. The Morgan fingerprint density at radius 3 is 2.79 bits per heavy atom. The van der Waals surface area contributed by atoms with Crippen molar-refractivity contribution in [3.8, 4) is 0 Å². The number of nitrogens with zero attached hydrogens (tertiary/aromatic N) is 2. The van der Waals surface area contributed by atoms with Gasteiger partial charge in [-0.25, -0.2) is 9.97 Å². The van der Waals surface area contributed by atoms with E-state index in [1.54, 1.807) is 6.92 Å². The van der Waals surface area contributed by atoms with Crippen molar-refractivity contribution in [3.05, 3.63) is 23.8 Å². The van der Waals surface area contributed by atoms with E-state index in [9.17, 15) is 9.90 Å². The van der Waals surface area contributed by atoms with Gasteiger partial charge in [0.2, 0.25) is 0 Å². The molecule has 0 aliphatic rings. The van der Waals surface area contributed by atoms with Crippen molar-refractivity contribution in [2.75, 3.05) is 0 Å². The first kappa shape index (κ1) is 10.6. The predicted octanol–water partition coefficient (Wildman–Crippen LogP) is -0.770. The van der Waals surface area contributed by atoms with Crippen LogP contribution in [0.2, 0.25) is 0 Å². The Labute approximate surface area is 80.4 Å². The SMILES string of the molecule is Cc1ncncc1C(O)C(N)C(=O)O. The Morgan fingerprint density at radius 1 is 1.64 bits per heavy atom. The smallest absolute Gasteiger partial charge is 0.323 e. The summed E-state index contributed by atoms with van der Waals surface area (Å²) < 4.78 is 0. The molecule has 0 bridgehead atoms. The first-order chi connectivity index (χ1) is 6.54. The summed E-state index contributed by atoms with van der Waals surface area (Å²) in [7, 11) is 0. The summed E-state index contributed by atoms with van der Waals surface area (Å²) in [4.78, 5) is 18.0. The van der Waals surface area contributed by atoms with Crippen molar-refractivity contribution in [1.82, 2.24) is 9.97 Å². The normalized spacial score (nSPS) is 14.8. The molecule has 2 unspecified atom stereocenters. The molecule has 0 amide bonds. The number of aryl methyl sites for hydroxylation is 1. The van der Waals surface area contributed by atoms with Crippen LogP contribution in [0.15, 0.2) is 12.5 Å². The molecule has 14 heavy (non-hydrogen) atoms. The molecular formula is C8H11N3O3. The van der Waals surface area contributed by atoms with Crippen LogP contribution in [0.25, 0.3) is 0 Å². The maximum atomic E-state index is 10.5. The molecule has 0 radical (unpaired) electrons. The summed E-state index contributed by atoms with van der Waals surface area (Å²) in [5.41, 5.74) is 6.11. The Kier molecular flexibility index (Phi) is 3.10. The number of nitrogens with two attached hydrogens (primary N) is 1. The number of hydrogen-bond acceptors (Lipinski definition) is 5. The fraction of sp³-hybridized carbons (Fsp3) is 0.375. The zero-order valence-corrected chi connectivity index (χ0v) is 7.58. The van der Waals surface area contributed by atoms with E-state index in [1.807, 2.05) is 0 Å². The van der Waals surface area contributed by atoms with Crippen LogP contribution in [0.3, 0.4) is 0 Å². The van der Waals surface area contributed by atoms with Gasteiger partial charge in [0.15, 0.2) is 0 Å². The number of carbonyl (C=O) groups is 1. The van der Waals surface area contributed by atoms with E-state index in [4.69, 9.17) is 10.8 Å². The molecule has 0 aromatic carbocycles. The predicted molar refractivity (Wildman–Crippen MR) is 47.3 cm³/mol. The molecule has 76 valence electrons. The van der Waals surface area contributed by atoms with Crippen LogP contribution in [-0.2, 0) is 4.79 Å². The van der Waals surface area contributed by atoms with Gasteiger partial charge in [0.1, 0.15) is 18.5 Å². The van der Waals surface area contributed by atoms with Gasteiger partial charge in [-0.15, -0.1) is 0 Å². The lowest BCUT2D eigenvalue weighted by Gasteiger charge is -2.15. The van der Waals surface area contributed by atoms with Gasteiger partial charge in [0, 0.05) is 17.5 Å². The Morgan fingerprint density at radius 2 is 2.29 bits per heavy atom. The van der Waals surface area contributed by atoms with Gasteiger partial charge >= 0.3 is 5.97 Å². The molecule has 1 aromatic rings.